The van der Waals surface area contributed by atoms with Gasteiger partial charge in [-0.25, -0.2) is 9.80 Å². The summed E-state index contributed by atoms with van der Waals surface area (Å²) in [7, 11) is 0. The minimum atomic E-state index is -0.215. The van der Waals surface area contributed by atoms with Crippen molar-refractivity contribution in [3.63, 3.8) is 0 Å². The van der Waals surface area contributed by atoms with Crippen LogP contribution in [0.1, 0.15) is 24.0 Å². The Hall–Kier alpha value is -3.80. The molecule has 2 aromatic carbocycles. The third-order valence-corrected chi connectivity index (χ3v) is 10.1. The maximum absolute atomic E-state index is 13.3. The molecular formula is C32H28N2O4. The average molecular weight is 505 g/mol. The highest BCUT2D eigenvalue weighted by atomic mass is 16.2. The number of carbonyl (C=O) groups is 4. The van der Waals surface area contributed by atoms with E-state index in [-0.39, 0.29) is 71.0 Å². The number of hydrogen-bond donors (Lipinski definition) is 0. The van der Waals surface area contributed by atoms with Gasteiger partial charge in [0.15, 0.2) is 0 Å². The van der Waals surface area contributed by atoms with Gasteiger partial charge >= 0.3 is 0 Å². The molecule has 4 amide bonds. The van der Waals surface area contributed by atoms with Gasteiger partial charge in [0.1, 0.15) is 0 Å². The van der Waals surface area contributed by atoms with Gasteiger partial charge < -0.3 is 0 Å². The number of fused-ring (bicyclic) bond motifs is 10. The summed E-state index contributed by atoms with van der Waals surface area (Å²) in [5.41, 5.74) is 4.97. The van der Waals surface area contributed by atoms with Crippen LogP contribution in [0.4, 0.5) is 11.4 Å². The fourth-order valence-electron chi connectivity index (χ4n) is 8.45. The Kier molecular flexibility index (Phi) is 4.33. The van der Waals surface area contributed by atoms with Gasteiger partial charge in [0.05, 0.1) is 35.0 Å². The molecule has 0 spiro atoms. The summed E-state index contributed by atoms with van der Waals surface area (Å²) in [5, 5.41) is 0. The van der Waals surface area contributed by atoms with Crippen LogP contribution in [-0.2, 0) is 19.2 Å². The lowest BCUT2D eigenvalue weighted by Crippen LogP contribution is -2.33. The average Bonchev–Trinajstić information content (AvgIpc) is 3.74. The van der Waals surface area contributed by atoms with Crippen LogP contribution in [-0.4, -0.2) is 23.6 Å². The fourth-order valence-corrected chi connectivity index (χ4v) is 8.45. The van der Waals surface area contributed by atoms with E-state index in [0.29, 0.717) is 11.4 Å². The second-order valence-corrected chi connectivity index (χ2v) is 12.0. The SMILES string of the molecule is Cc1cc(-c2ccc(N3C(=O)[C@H]4[C@H](C3=O)[C@H]3C=C[C@H]4C3)c(C)c2)ccc1N1C(=O)[C@@H]2[C@H](C1=O)[C@H]1C=C[C@H]2C1. The van der Waals surface area contributed by atoms with Gasteiger partial charge in [-0.15, -0.1) is 0 Å². The number of imide groups is 2. The van der Waals surface area contributed by atoms with Crippen LogP contribution in [0.15, 0.2) is 60.7 Å². The van der Waals surface area contributed by atoms with Crippen molar-refractivity contribution in [3.05, 3.63) is 71.8 Å². The lowest BCUT2D eigenvalue weighted by atomic mass is 9.85. The van der Waals surface area contributed by atoms with Gasteiger partial charge in [-0.2, -0.15) is 0 Å². The van der Waals surface area contributed by atoms with Gasteiger partial charge in [0.25, 0.3) is 0 Å². The molecule has 2 aromatic rings. The summed E-state index contributed by atoms with van der Waals surface area (Å²) in [6, 6.07) is 11.6. The van der Waals surface area contributed by atoms with Crippen LogP contribution in [0.3, 0.4) is 0 Å². The topological polar surface area (TPSA) is 74.8 Å². The number of carbonyl (C=O) groups excluding carboxylic acids is 4. The van der Waals surface area contributed by atoms with E-state index in [1.54, 1.807) is 0 Å². The third kappa shape index (κ3) is 2.68. The molecule has 4 fully saturated rings. The Morgan fingerprint density at radius 2 is 0.842 bits per heavy atom. The first-order valence-electron chi connectivity index (χ1n) is 13.7. The van der Waals surface area contributed by atoms with Crippen molar-refractivity contribution in [3.8, 4) is 11.1 Å². The third-order valence-electron chi connectivity index (χ3n) is 10.1. The summed E-state index contributed by atoms with van der Waals surface area (Å²) in [4.78, 5) is 56.0. The molecule has 4 aliphatic carbocycles. The molecular weight excluding hydrogens is 476 g/mol. The number of amides is 4. The highest BCUT2D eigenvalue weighted by Gasteiger charge is 2.60. The summed E-state index contributed by atoms with van der Waals surface area (Å²) >= 11 is 0. The molecule has 6 aliphatic rings. The van der Waals surface area contributed by atoms with Crippen molar-refractivity contribution in [1.82, 2.24) is 0 Å². The number of rotatable bonds is 3. The molecule has 2 saturated carbocycles. The van der Waals surface area contributed by atoms with Crippen molar-refractivity contribution >= 4 is 35.0 Å². The summed E-state index contributed by atoms with van der Waals surface area (Å²) < 4.78 is 0. The first-order chi connectivity index (χ1) is 18.3. The lowest BCUT2D eigenvalue weighted by molar-refractivity contribution is -0.124. The molecule has 8 rings (SSSR count). The number of aryl methyl sites for hydroxylation is 2. The van der Waals surface area contributed by atoms with Crippen molar-refractivity contribution in [1.29, 1.82) is 0 Å². The molecule has 6 heteroatoms. The maximum Gasteiger partial charge on any atom is 0.238 e. The first kappa shape index (κ1) is 22.2. The fraction of sp³-hybridized carbons (Fsp3) is 0.375. The van der Waals surface area contributed by atoms with E-state index >= 15 is 0 Å². The zero-order valence-corrected chi connectivity index (χ0v) is 21.3. The Labute approximate surface area is 221 Å². The molecule has 2 aliphatic heterocycles. The van der Waals surface area contributed by atoms with Crippen molar-refractivity contribution < 1.29 is 19.2 Å². The van der Waals surface area contributed by atoms with Gasteiger partial charge in [-0.05, 0) is 96.9 Å². The molecule has 190 valence electrons. The minimum Gasteiger partial charge on any atom is -0.274 e. The highest BCUT2D eigenvalue weighted by Crippen LogP contribution is 2.54. The second-order valence-electron chi connectivity index (χ2n) is 12.0. The number of benzene rings is 2. The molecule has 2 heterocycles. The monoisotopic (exact) mass is 504 g/mol. The Bertz CT molecular complexity index is 1380. The Morgan fingerprint density at radius 1 is 0.526 bits per heavy atom. The molecule has 2 saturated heterocycles. The van der Waals surface area contributed by atoms with Crippen LogP contribution in [0.5, 0.6) is 0 Å². The standard InChI is InChI=1S/C32H28N2O4/c1-15-11-17(7-9-23(15)33-29(35)25-19-3-4-20(13-19)26(25)30(33)36)18-8-10-24(16(2)12-18)34-31(37)27-21-5-6-22(14-21)28(27)32(34)38/h3-12,19-22,25-28H,13-14H2,1-2H3/t19-,20-,21-,22-,25-,26+,27+,28+/m0/s1. The lowest BCUT2D eigenvalue weighted by Gasteiger charge is -2.21. The smallest absolute Gasteiger partial charge is 0.238 e. The predicted octanol–water partition coefficient (Wildman–Crippen LogP) is 4.59. The number of nitrogens with zero attached hydrogens (tertiary/aromatic N) is 2. The van der Waals surface area contributed by atoms with Gasteiger partial charge in [0.2, 0.25) is 23.6 Å². The first-order valence-corrected chi connectivity index (χ1v) is 13.7. The van der Waals surface area contributed by atoms with E-state index in [9.17, 15) is 19.2 Å². The molecule has 0 unspecified atom stereocenters. The molecule has 0 aromatic heterocycles. The Morgan fingerprint density at radius 3 is 1.13 bits per heavy atom. The van der Waals surface area contributed by atoms with Gasteiger partial charge in [-0.3, -0.25) is 19.2 Å². The number of hydrogen-bond acceptors (Lipinski definition) is 4. The van der Waals surface area contributed by atoms with Gasteiger partial charge in [0, 0.05) is 0 Å². The zero-order chi connectivity index (χ0) is 26.0. The molecule has 4 bridgehead atoms. The zero-order valence-electron chi connectivity index (χ0n) is 21.3. The van der Waals surface area contributed by atoms with Crippen LogP contribution in [0.2, 0.25) is 0 Å². The van der Waals surface area contributed by atoms with Crippen molar-refractivity contribution in [2.45, 2.75) is 26.7 Å². The molecule has 0 radical (unpaired) electrons. The summed E-state index contributed by atoms with van der Waals surface area (Å²) in [6.45, 7) is 3.87. The Balaban J connectivity index is 1.08. The number of anilines is 2. The van der Waals surface area contributed by atoms with Crippen LogP contribution >= 0.6 is 0 Å². The quantitative estimate of drug-likeness (QED) is 0.453. The minimum absolute atomic E-state index is 0.0683. The summed E-state index contributed by atoms with van der Waals surface area (Å²) in [6.07, 6.45) is 10.3. The summed E-state index contributed by atoms with van der Waals surface area (Å²) in [5.74, 6) is -0.380. The van der Waals surface area contributed by atoms with E-state index in [4.69, 9.17) is 0 Å². The van der Waals surface area contributed by atoms with Crippen LogP contribution < -0.4 is 9.80 Å². The second kappa shape index (κ2) is 7.40. The van der Waals surface area contributed by atoms with Gasteiger partial charge in [-0.1, -0.05) is 36.4 Å². The van der Waals surface area contributed by atoms with Crippen molar-refractivity contribution in [2.24, 2.45) is 47.3 Å². The molecule has 8 atom stereocenters. The normalized spacial score (nSPS) is 35.8. The predicted molar refractivity (Wildman–Crippen MR) is 142 cm³/mol. The van der Waals surface area contributed by atoms with Crippen LogP contribution in [0.25, 0.3) is 11.1 Å². The molecule has 38 heavy (non-hydrogen) atoms. The van der Waals surface area contributed by atoms with E-state index < -0.39 is 0 Å². The number of allylic oxidation sites excluding steroid dienone is 4. The van der Waals surface area contributed by atoms with E-state index in [1.165, 1.54) is 9.80 Å². The van der Waals surface area contributed by atoms with Crippen molar-refractivity contribution in [2.75, 3.05) is 9.80 Å². The van der Waals surface area contributed by atoms with E-state index in [2.05, 4.69) is 24.3 Å². The van der Waals surface area contributed by atoms with Crippen LogP contribution in [0, 0.1) is 61.2 Å². The highest BCUT2D eigenvalue weighted by molar-refractivity contribution is 6.24. The van der Waals surface area contributed by atoms with E-state index in [0.717, 1.165) is 35.1 Å². The molecule has 6 nitrogen and oxygen atoms in total. The maximum atomic E-state index is 13.3. The largest absolute Gasteiger partial charge is 0.274 e. The van der Waals surface area contributed by atoms with E-state index in [1.807, 2.05) is 50.2 Å². The molecule has 0 N–H and O–H groups in total.